The molecule has 1 aliphatic heterocycles. The van der Waals surface area contributed by atoms with Gasteiger partial charge in [0.15, 0.2) is 6.61 Å². The topological polar surface area (TPSA) is 29.5 Å². The molecule has 3 nitrogen and oxygen atoms in total. The number of aryl methyl sites for hydroxylation is 1. The van der Waals surface area contributed by atoms with Gasteiger partial charge in [-0.3, -0.25) is 4.79 Å². The standard InChI is InChI=1S/C18H27NO2/c1-13(2)16-8-7-14(3)10-17(16)21-12-18(20)19-9-5-6-15(4)11-19/h7-8,10,13,15H,5-6,9,11-12H2,1-4H3/t15-/m1/s1. The highest BCUT2D eigenvalue weighted by Gasteiger charge is 2.21. The second kappa shape index (κ2) is 6.97. The molecule has 1 aromatic carbocycles. The molecule has 0 saturated carbocycles. The van der Waals surface area contributed by atoms with Gasteiger partial charge in [0, 0.05) is 13.1 Å². The highest BCUT2D eigenvalue weighted by Crippen LogP contribution is 2.27. The van der Waals surface area contributed by atoms with E-state index in [0.29, 0.717) is 11.8 Å². The van der Waals surface area contributed by atoms with E-state index in [1.807, 2.05) is 17.9 Å². The molecule has 0 aliphatic carbocycles. The number of hydrogen-bond acceptors (Lipinski definition) is 2. The fourth-order valence-electron chi connectivity index (χ4n) is 2.89. The Morgan fingerprint density at radius 1 is 1.43 bits per heavy atom. The monoisotopic (exact) mass is 289 g/mol. The average Bonchev–Trinajstić information content (AvgIpc) is 2.44. The molecule has 0 unspecified atom stereocenters. The molecule has 3 heteroatoms. The van der Waals surface area contributed by atoms with Gasteiger partial charge < -0.3 is 9.64 Å². The lowest BCUT2D eigenvalue weighted by atomic mass is 10.0. The molecule has 1 fully saturated rings. The molecule has 0 spiro atoms. The van der Waals surface area contributed by atoms with Crippen molar-refractivity contribution in [1.29, 1.82) is 0 Å². The Morgan fingerprint density at radius 2 is 2.19 bits per heavy atom. The van der Waals surface area contributed by atoms with Crippen LogP contribution in [0.1, 0.15) is 50.7 Å². The maximum Gasteiger partial charge on any atom is 0.260 e. The minimum atomic E-state index is 0.109. The van der Waals surface area contributed by atoms with Crippen molar-refractivity contribution in [1.82, 2.24) is 4.90 Å². The van der Waals surface area contributed by atoms with Crippen molar-refractivity contribution < 1.29 is 9.53 Å². The van der Waals surface area contributed by atoms with Crippen LogP contribution in [0.3, 0.4) is 0 Å². The van der Waals surface area contributed by atoms with Crippen LogP contribution >= 0.6 is 0 Å². The molecule has 1 aliphatic rings. The van der Waals surface area contributed by atoms with Gasteiger partial charge in [-0.2, -0.15) is 0 Å². The highest BCUT2D eigenvalue weighted by molar-refractivity contribution is 5.78. The van der Waals surface area contributed by atoms with Crippen molar-refractivity contribution in [2.75, 3.05) is 19.7 Å². The zero-order valence-electron chi connectivity index (χ0n) is 13.7. The van der Waals surface area contributed by atoms with E-state index < -0.39 is 0 Å². The highest BCUT2D eigenvalue weighted by atomic mass is 16.5. The first-order valence-corrected chi connectivity index (χ1v) is 7.98. The van der Waals surface area contributed by atoms with Crippen LogP contribution < -0.4 is 4.74 Å². The third-order valence-corrected chi connectivity index (χ3v) is 4.15. The Morgan fingerprint density at radius 3 is 2.86 bits per heavy atom. The SMILES string of the molecule is Cc1ccc(C(C)C)c(OCC(=O)N2CCC[C@@H](C)C2)c1. The van der Waals surface area contributed by atoms with Gasteiger partial charge in [-0.05, 0) is 48.8 Å². The van der Waals surface area contributed by atoms with Gasteiger partial charge in [0.2, 0.25) is 0 Å². The number of carbonyl (C=O) groups is 1. The van der Waals surface area contributed by atoms with Gasteiger partial charge in [-0.25, -0.2) is 0 Å². The first-order chi connectivity index (χ1) is 9.97. The number of benzene rings is 1. The van der Waals surface area contributed by atoms with Crippen LogP contribution in [0.25, 0.3) is 0 Å². The molecule has 116 valence electrons. The van der Waals surface area contributed by atoms with Crippen molar-refractivity contribution in [3.63, 3.8) is 0 Å². The summed E-state index contributed by atoms with van der Waals surface area (Å²) in [5.41, 5.74) is 2.33. The van der Waals surface area contributed by atoms with E-state index in [0.717, 1.165) is 30.8 Å². The summed E-state index contributed by atoms with van der Waals surface area (Å²) < 4.78 is 5.84. The van der Waals surface area contributed by atoms with Gasteiger partial charge in [0.05, 0.1) is 0 Å². The molecule has 1 saturated heterocycles. The predicted octanol–water partition coefficient (Wildman–Crippen LogP) is 3.76. The molecule has 21 heavy (non-hydrogen) atoms. The van der Waals surface area contributed by atoms with Gasteiger partial charge in [0.25, 0.3) is 5.91 Å². The fraction of sp³-hybridized carbons (Fsp3) is 0.611. The Hall–Kier alpha value is -1.51. The predicted molar refractivity (Wildman–Crippen MR) is 85.7 cm³/mol. The van der Waals surface area contributed by atoms with E-state index in [4.69, 9.17) is 4.74 Å². The summed E-state index contributed by atoms with van der Waals surface area (Å²) >= 11 is 0. The molecule has 1 aromatic rings. The molecule has 2 rings (SSSR count). The molecule has 0 N–H and O–H groups in total. The first kappa shape index (κ1) is 15.9. The molecule has 0 bridgehead atoms. The van der Waals surface area contributed by atoms with Crippen LogP contribution in [0.5, 0.6) is 5.75 Å². The first-order valence-electron chi connectivity index (χ1n) is 7.98. The fourth-order valence-corrected chi connectivity index (χ4v) is 2.89. The Bertz CT molecular complexity index is 496. The van der Waals surface area contributed by atoms with E-state index in [-0.39, 0.29) is 12.5 Å². The lowest BCUT2D eigenvalue weighted by molar-refractivity contribution is -0.135. The minimum absolute atomic E-state index is 0.109. The van der Waals surface area contributed by atoms with E-state index in [9.17, 15) is 4.79 Å². The minimum Gasteiger partial charge on any atom is -0.483 e. The molecule has 1 atom stereocenters. The van der Waals surface area contributed by atoms with Crippen molar-refractivity contribution in [2.45, 2.75) is 46.5 Å². The van der Waals surface area contributed by atoms with Crippen LogP contribution in [-0.4, -0.2) is 30.5 Å². The van der Waals surface area contributed by atoms with Gasteiger partial charge in [-0.15, -0.1) is 0 Å². The zero-order chi connectivity index (χ0) is 15.4. The number of ether oxygens (including phenoxy) is 1. The van der Waals surface area contributed by atoms with Crippen LogP contribution in [0.2, 0.25) is 0 Å². The van der Waals surface area contributed by atoms with Gasteiger partial charge in [-0.1, -0.05) is 32.9 Å². The number of carbonyl (C=O) groups excluding carboxylic acids is 1. The van der Waals surface area contributed by atoms with Crippen LogP contribution in [0.4, 0.5) is 0 Å². The van der Waals surface area contributed by atoms with E-state index in [1.165, 1.54) is 12.0 Å². The largest absolute Gasteiger partial charge is 0.483 e. The summed E-state index contributed by atoms with van der Waals surface area (Å²) in [6, 6.07) is 6.22. The Balaban J connectivity index is 1.99. The smallest absolute Gasteiger partial charge is 0.260 e. The number of piperidine rings is 1. The normalized spacial score (nSPS) is 18.9. The number of rotatable bonds is 4. The van der Waals surface area contributed by atoms with Crippen molar-refractivity contribution in [2.24, 2.45) is 5.92 Å². The average molecular weight is 289 g/mol. The van der Waals surface area contributed by atoms with Gasteiger partial charge >= 0.3 is 0 Å². The van der Waals surface area contributed by atoms with Crippen molar-refractivity contribution in [3.05, 3.63) is 29.3 Å². The molecule has 1 amide bonds. The number of amides is 1. The maximum absolute atomic E-state index is 12.3. The van der Waals surface area contributed by atoms with E-state index in [1.54, 1.807) is 0 Å². The molecular weight excluding hydrogens is 262 g/mol. The van der Waals surface area contributed by atoms with Crippen molar-refractivity contribution >= 4 is 5.91 Å². The molecule has 1 heterocycles. The van der Waals surface area contributed by atoms with Crippen molar-refractivity contribution in [3.8, 4) is 5.75 Å². The third kappa shape index (κ3) is 4.23. The van der Waals surface area contributed by atoms with E-state index in [2.05, 4.69) is 32.9 Å². The van der Waals surface area contributed by atoms with Gasteiger partial charge in [0.1, 0.15) is 5.75 Å². The summed E-state index contributed by atoms with van der Waals surface area (Å²) in [5.74, 6) is 1.96. The van der Waals surface area contributed by atoms with Crippen LogP contribution in [-0.2, 0) is 4.79 Å². The van der Waals surface area contributed by atoms with E-state index >= 15 is 0 Å². The number of nitrogens with zero attached hydrogens (tertiary/aromatic N) is 1. The zero-order valence-corrected chi connectivity index (χ0v) is 13.7. The number of hydrogen-bond donors (Lipinski definition) is 0. The third-order valence-electron chi connectivity index (χ3n) is 4.15. The molecule has 0 aromatic heterocycles. The van der Waals surface area contributed by atoms with Crippen LogP contribution in [0.15, 0.2) is 18.2 Å². The summed E-state index contributed by atoms with van der Waals surface area (Å²) in [7, 11) is 0. The lowest BCUT2D eigenvalue weighted by Gasteiger charge is -2.31. The molecular formula is C18H27NO2. The number of likely N-dealkylation sites (tertiary alicyclic amines) is 1. The molecule has 0 radical (unpaired) electrons. The quantitative estimate of drug-likeness (QED) is 0.844. The summed E-state index contributed by atoms with van der Waals surface area (Å²) in [5, 5.41) is 0. The summed E-state index contributed by atoms with van der Waals surface area (Å²) in [4.78, 5) is 14.2. The summed E-state index contributed by atoms with van der Waals surface area (Å²) in [6.45, 7) is 10.4. The Kier molecular flexibility index (Phi) is 5.27. The second-order valence-corrected chi connectivity index (χ2v) is 6.57. The lowest BCUT2D eigenvalue weighted by Crippen LogP contribution is -2.41. The Labute approximate surface area is 128 Å². The summed E-state index contributed by atoms with van der Waals surface area (Å²) in [6.07, 6.45) is 2.33. The van der Waals surface area contributed by atoms with Crippen LogP contribution in [0, 0.1) is 12.8 Å². The second-order valence-electron chi connectivity index (χ2n) is 6.57. The maximum atomic E-state index is 12.3.